The number of nitrogens with one attached hydrogen (secondary N) is 2. The Bertz CT molecular complexity index is 843. The molecule has 2 heterocycles. The first-order valence-corrected chi connectivity index (χ1v) is 8.06. The second-order valence-electron chi connectivity index (χ2n) is 5.71. The molecular formula is C18H20N6O. The molecule has 7 heteroatoms. The minimum absolute atomic E-state index is 0.0787. The second-order valence-corrected chi connectivity index (χ2v) is 5.71. The van der Waals surface area contributed by atoms with Gasteiger partial charge in [-0.25, -0.2) is 4.68 Å². The van der Waals surface area contributed by atoms with Crippen molar-refractivity contribution in [1.29, 1.82) is 0 Å². The summed E-state index contributed by atoms with van der Waals surface area (Å²) in [6, 6.07) is 11.2. The number of carbonyl (C=O) groups excluding carboxylic acids is 1. The maximum Gasteiger partial charge on any atom is 0.251 e. The molecule has 3 rings (SSSR count). The van der Waals surface area contributed by atoms with E-state index in [1.807, 2.05) is 50.2 Å². The van der Waals surface area contributed by atoms with E-state index in [2.05, 4.69) is 25.9 Å². The molecule has 0 fully saturated rings. The Morgan fingerprint density at radius 2 is 1.96 bits per heavy atom. The van der Waals surface area contributed by atoms with Crippen LogP contribution < -0.4 is 10.6 Å². The van der Waals surface area contributed by atoms with Gasteiger partial charge < -0.3 is 10.6 Å². The third-order valence-corrected chi connectivity index (χ3v) is 3.88. The van der Waals surface area contributed by atoms with Crippen LogP contribution in [0.1, 0.15) is 21.5 Å². The highest BCUT2D eigenvalue weighted by atomic mass is 16.1. The zero-order chi connectivity index (χ0) is 17.6. The van der Waals surface area contributed by atoms with E-state index in [0.29, 0.717) is 30.3 Å². The number of anilines is 1. The minimum atomic E-state index is -0.0787. The highest BCUT2D eigenvalue weighted by Crippen LogP contribution is 2.09. The predicted molar refractivity (Wildman–Crippen MR) is 95.9 cm³/mol. The Morgan fingerprint density at radius 1 is 1.08 bits per heavy atom. The molecule has 2 N–H and O–H groups in total. The van der Waals surface area contributed by atoms with Crippen molar-refractivity contribution in [2.24, 2.45) is 0 Å². The molecule has 0 spiro atoms. The van der Waals surface area contributed by atoms with E-state index < -0.39 is 0 Å². The first-order valence-electron chi connectivity index (χ1n) is 8.06. The topological polar surface area (TPSA) is 84.7 Å². The van der Waals surface area contributed by atoms with Crippen LogP contribution in [0.4, 0.5) is 5.82 Å². The van der Waals surface area contributed by atoms with Crippen LogP contribution in [0.3, 0.4) is 0 Å². The summed E-state index contributed by atoms with van der Waals surface area (Å²) in [6.45, 7) is 5.08. The summed E-state index contributed by atoms with van der Waals surface area (Å²) in [6.07, 6.45) is 3.49. The molecule has 1 aromatic carbocycles. The number of benzene rings is 1. The molecule has 128 valence electrons. The average Bonchev–Trinajstić information content (AvgIpc) is 3.16. The number of aryl methyl sites for hydroxylation is 2. The van der Waals surface area contributed by atoms with Crippen LogP contribution in [0.2, 0.25) is 0 Å². The summed E-state index contributed by atoms with van der Waals surface area (Å²) in [5, 5.41) is 18.3. The molecule has 0 atom stereocenters. The summed E-state index contributed by atoms with van der Waals surface area (Å²) in [5.74, 6) is 1.22. The maximum atomic E-state index is 12.1. The lowest BCUT2D eigenvalue weighted by molar-refractivity contribution is 0.0955. The van der Waals surface area contributed by atoms with Gasteiger partial charge in [0.2, 0.25) is 0 Å². The molecule has 0 aliphatic rings. The molecule has 0 bridgehead atoms. The van der Waals surface area contributed by atoms with Gasteiger partial charge in [-0.15, -0.1) is 10.2 Å². The highest BCUT2D eigenvalue weighted by Gasteiger charge is 2.06. The first kappa shape index (κ1) is 16.6. The lowest BCUT2D eigenvalue weighted by Gasteiger charge is -2.08. The molecular weight excluding hydrogens is 316 g/mol. The lowest BCUT2D eigenvalue weighted by atomic mass is 10.1. The molecule has 0 aliphatic carbocycles. The summed E-state index contributed by atoms with van der Waals surface area (Å²) in [5.41, 5.74) is 2.96. The predicted octanol–water partition coefficient (Wildman–Crippen LogP) is 2.12. The Hall–Kier alpha value is -3.22. The van der Waals surface area contributed by atoms with Gasteiger partial charge in [-0.3, -0.25) is 4.79 Å². The van der Waals surface area contributed by atoms with Crippen LogP contribution in [0.15, 0.2) is 48.8 Å². The van der Waals surface area contributed by atoms with E-state index in [1.165, 1.54) is 5.56 Å². The fourth-order valence-corrected chi connectivity index (χ4v) is 2.30. The van der Waals surface area contributed by atoms with E-state index in [-0.39, 0.29) is 5.91 Å². The van der Waals surface area contributed by atoms with E-state index in [1.54, 1.807) is 17.1 Å². The Balaban J connectivity index is 1.46. The number of amides is 1. The van der Waals surface area contributed by atoms with Gasteiger partial charge in [0.25, 0.3) is 5.91 Å². The van der Waals surface area contributed by atoms with Gasteiger partial charge in [0, 0.05) is 31.0 Å². The van der Waals surface area contributed by atoms with Crippen LogP contribution in [-0.2, 0) is 0 Å². The van der Waals surface area contributed by atoms with Crippen molar-refractivity contribution in [2.45, 2.75) is 13.8 Å². The Morgan fingerprint density at radius 3 is 2.64 bits per heavy atom. The summed E-state index contributed by atoms with van der Waals surface area (Å²) in [7, 11) is 0. The van der Waals surface area contributed by atoms with E-state index in [0.717, 1.165) is 5.56 Å². The van der Waals surface area contributed by atoms with Crippen LogP contribution in [0, 0.1) is 13.8 Å². The van der Waals surface area contributed by atoms with Crippen molar-refractivity contribution in [3.8, 4) is 5.82 Å². The normalized spacial score (nSPS) is 10.5. The number of rotatable bonds is 6. The summed E-state index contributed by atoms with van der Waals surface area (Å²) in [4.78, 5) is 12.1. The first-order chi connectivity index (χ1) is 12.1. The zero-order valence-electron chi connectivity index (χ0n) is 14.2. The highest BCUT2D eigenvalue weighted by molar-refractivity contribution is 5.94. The number of hydrogen-bond acceptors (Lipinski definition) is 5. The Labute approximate surface area is 146 Å². The number of nitrogens with zero attached hydrogens (tertiary/aromatic N) is 4. The standard InChI is InChI=1S/C18H20N6O/c1-13-4-5-15(12-14(13)2)18(25)20-10-9-19-16-6-7-17(23-22-16)24-11-3-8-21-24/h3-8,11-12H,9-10H2,1-2H3,(H,19,22)(H,20,25). The third-order valence-electron chi connectivity index (χ3n) is 3.88. The molecule has 0 radical (unpaired) electrons. The summed E-state index contributed by atoms with van der Waals surface area (Å²) >= 11 is 0. The lowest BCUT2D eigenvalue weighted by Crippen LogP contribution is -2.29. The number of carbonyl (C=O) groups is 1. The Kier molecular flexibility index (Phi) is 5.03. The van der Waals surface area contributed by atoms with Crippen molar-refractivity contribution >= 4 is 11.7 Å². The second kappa shape index (κ2) is 7.57. The molecule has 2 aromatic heterocycles. The van der Waals surface area contributed by atoms with Gasteiger partial charge in [-0.2, -0.15) is 5.10 Å². The minimum Gasteiger partial charge on any atom is -0.367 e. The van der Waals surface area contributed by atoms with E-state index >= 15 is 0 Å². The molecule has 0 unspecified atom stereocenters. The van der Waals surface area contributed by atoms with Crippen LogP contribution in [-0.4, -0.2) is 39.0 Å². The molecule has 7 nitrogen and oxygen atoms in total. The van der Waals surface area contributed by atoms with Gasteiger partial charge in [0.05, 0.1) is 0 Å². The fraction of sp³-hybridized carbons (Fsp3) is 0.222. The van der Waals surface area contributed by atoms with Crippen molar-refractivity contribution in [3.63, 3.8) is 0 Å². The van der Waals surface area contributed by atoms with Crippen LogP contribution >= 0.6 is 0 Å². The third kappa shape index (κ3) is 4.20. The smallest absolute Gasteiger partial charge is 0.251 e. The SMILES string of the molecule is Cc1ccc(C(=O)NCCNc2ccc(-n3cccn3)nn2)cc1C. The van der Waals surface area contributed by atoms with E-state index in [4.69, 9.17) is 0 Å². The van der Waals surface area contributed by atoms with Crippen molar-refractivity contribution < 1.29 is 4.79 Å². The van der Waals surface area contributed by atoms with Crippen molar-refractivity contribution in [3.05, 3.63) is 65.5 Å². The number of hydrogen-bond donors (Lipinski definition) is 2. The van der Waals surface area contributed by atoms with Gasteiger partial charge in [-0.05, 0) is 55.3 Å². The van der Waals surface area contributed by atoms with Gasteiger partial charge >= 0.3 is 0 Å². The van der Waals surface area contributed by atoms with Crippen molar-refractivity contribution in [1.82, 2.24) is 25.3 Å². The molecule has 25 heavy (non-hydrogen) atoms. The van der Waals surface area contributed by atoms with Gasteiger partial charge in [0.15, 0.2) is 5.82 Å². The molecule has 3 aromatic rings. The fourth-order valence-electron chi connectivity index (χ4n) is 2.30. The molecule has 0 aliphatic heterocycles. The van der Waals surface area contributed by atoms with Gasteiger partial charge in [0.1, 0.15) is 5.82 Å². The molecule has 1 amide bonds. The van der Waals surface area contributed by atoms with E-state index in [9.17, 15) is 4.79 Å². The summed E-state index contributed by atoms with van der Waals surface area (Å²) < 4.78 is 1.64. The van der Waals surface area contributed by atoms with Gasteiger partial charge in [-0.1, -0.05) is 6.07 Å². The maximum absolute atomic E-state index is 12.1. The van der Waals surface area contributed by atoms with Crippen molar-refractivity contribution in [2.75, 3.05) is 18.4 Å². The zero-order valence-corrected chi connectivity index (χ0v) is 14.2. The largest absolute Gasteiger partial charge is 0.367 e. The average molecular weight is 336 g/mol. The van der Waals surface area contributed by atoms with Crippen LogP contribution in [0.5, 0.6) is 0 Å². The molecule has 0 saturated heterocycles. The molecule has 0 saturated carbocycles. The number of aromatic nitrogens is 4. The quantitative estimate of drug-likeness (QED) is 0.674. The van der Waals surface area contributed by atoms with Crippen LogP contribution in [0.25, 0.3) is 5.82 Å². The monoisotopic (exact) mass is 336 g/mol.